The lowest BCUT2D eigenvalue weighted by atomic mass is 10.1. The van der Waals surface area contributed by atoms with E-state index < -0.39 is 0 Å². The zero-order valence-corrected chi connectivity index (χ0v) is 9.53. The molecule has 0 spiro atoms. The van der Waals surface area contributed by atoms with Gasteiger partial charge in [-0.15, -0.1) is 0 Å². The first kappa shape index (κ1) is 12.2. The third kappa shape index (κ3) is 3.71. The summed E-state index contributed by atoms with van der Waals surface area (Å²) in [5.74, 6) is -0.140. The number of benzene rings is 1. The van der Waals surface area contributed by atoms with Crippen molar-refractivity contribution in [1.82, 2.24) is 10.2 Å². The maximum atomic E-state index is 11.7. The van der Waals surface area contributed by atoms with Gasteiger partial charge < -0.3 is 10.2 Å². The van der Waals surface area contributed by atoms with Crippen LogP contribution in [0, 0.1) is 11.3 Å². The SMILES string of the molecule is CN(C)CCNC(=O)c1cccc(C#N)c1. The largest absolute Gasteiger partial charge is 0.351 e. The first-order valence-corrected chi connectivity index (χ1v) is 5.06. The molecule has 0 radical (unpaired) electrons. The van der Waals surface area contributed by atoms with Crippen molar-refractivity contribution in [3.63, 3.8) is 0 Å². The van der Waals surface area contributed by atoms with Crippen LogP contribution in [-0.2, 0) is 0 Å². The number of nitrogens with one attached hydrogen (secondary N) is 1. The predicted molar refractivity (Wildman–Crippen MR) is 62.0 cm³/mol. The molecular weight excluding hydrogens is 202 g/mol. The van der Waals surface area contributed by atoms with Crippen molar-refractivity contribution in [2.75, 3.05) is 27.2 Å². The zero-order chi connectivity index (χ0) is 12.0. The molecule has 1 aromatic rings. The highest BCUT2D eigenvalue weighted by Crippen LogP contribution is 2.03. The van der Waals surface area contributed by atoms with Gasteiger partial charge in [0.25, 0.3) is 5.91 Å². The Morgan fingerprint density at radius 3 is 2.88 bits per heavy atom. The van der Waals surface area contributed by atoms with Crippen LogP contribution in [0.1, 0.15) is 15.9 Å². The Bertz CT molecular complexity index is 407. The average molecular weight is 217 g/mol. The van der Waals surface area contributed by atoms with Gasteiger partial charge in [0, 0.05) is 18.7 Å². The highest BCUT2D eigenvalue weighted by molar-refractivity contribution is 5.94. The maximum Gasteiger partial charge on any atom is 0.251 e. The Balaban J connectivity index is 2.56. The Hall–Kier alpha value is -1.86. The van der Waals surface area contributed by atoms with Crippen molar-refractivity contribution in [3.8, 4) is 6.07 Å². The van der Waals surface area contributed by atoms with Crippen molar-refractivity contribution < 1.29 is 4.79 Å². The van der Waals surface area contributed by atoms with Gasteiger partial charge in [0.15, 0.2) is 0 Å². The summed E-state index contributed by atoms with van der Waals surface area (Å²) >= 11 is 0. The summed E-state index contributed by atoms with van der Waals surface area (Å²) in [5.41, 5.74) is 1.03. The van der Waals surface area contributed by atoms with Gasteiger partial charge in [0.05, 0.1) is 11.6 Å². The van der Waals surface area contributed by atoms with Crippen molar-refractivity contribution in [2.24, 2.45) is 0 Å². The molecule has 4 heteroatoms. The molecule has 0 aliphatic carbocycles. The highest BCUT2D eigenvalue weighted by Gasteiger charge is 2.05. The van der Waals surface area contributed by atoms with E-state index in [9.17, 15) is 4.79 Å². The summed E-state index contributed by atoms with van der Waals surface area (Å²) < 4.78 is 0. The first-order valence-electron chi connectivity index (χ1n) is 5.06. The van der Waals surface area contributed by atoms with Gasteiger partial charge in [-0.2, -0.15) is 5.26 Å². The van der Waals surface area contributed by atoms with Crippen LogP contribution in [0.2, 0.25) is 0 Å². The van der Waals surface area contributed by atoms with E-state index in [1.54, 1.807) is 24.3 Å². The van der Waals surface area contributed by atoms with E-state index in [2.05, 4.69) is 5.32 Å². The van der Waals surface area contributed by atoms with Crippen molar-refractivity contribution >= 4 is 5.91 Å². The molecule has 1 aromatic carbocycles. The molecule has 16 heavy (non-hydrogen) atoms. The van der Waals surface area contributed by atoms with Crippen LogP contribution in [0.4, 0.5) is 0 Å². The van der Waals surface area contributed by atoms with E-state index in [4.69, 9.17) is 5.26 Å². The molecule has 1 N–H and O–H groups in total. The molecule has 0 atom stereocenters. The average Bonchev–Trinajstić information content (AvgIpc) is 2.28. The Morgan fingerprint density at radius 2 is 2.25 bits per heavy atom. The number of nitrogens with zero attached hydrogens (tertiary/aromatic N) is 2. The second kappa shape index (κ2) is 5.89. The van der Waals surface area contributed by atoms with Crippen LogP contribution >= 0.6 is 0 Å². The molecule has 0 aliphatic rings. The summed E-state index contributed by atoms with van der Waals surface area (Å²) in [5, 5.41) is 11.5. The third-order valence-corrected chi connectivity index (χ3v) is 2.10. The van der Waals surface area contributed by atoms with Crippen LogP contribution in [0.5, 0.6) is 0 Å². The Morgan fingerprint density at radius 1 is 1.50 bits per heavy atom. The minimum atomic E-state index is -0.140. The topological polar surface area (TPSA) is 56.1 Å². The molecule has 4 nitrogen and oxygen atoms in total. The summed E-state index contributed by atoms with van der Waals surface area (Å²) in [6.45, 7) is 1.40. The van der Waals surface area contributed by atoms with Gasteiger partial charge in [-0.1, -0.05) is 6.07 Å². The lowest BCUT2D eigenvalue weighted by molar-refractivity contribution is 0.0951. The van der Waals surface area contributed by atoms with Gasteiger partial charge in [-0.3, -0.25) is 4.79 Å². The second-order valence-corrected chi connectivity index (χ2v) is 3.75. The molecular formula is C12H15N3O. The van der Waals surface area contributed by atoms with Crippen LogP contribution in [0.3, 0.4) is 0 Å². The molecule has 0 aromatic heterocycles. The molecule has 0 saturated carbocycles. The standard InChI is InChI=1S/C12H15N3O/c1-15(2)7-6-14-12(16)11-5-3-4-10(8-11)9-13/h3-5,8H,6-7H2,1-2H3,(H,14,16). The monoisotopic (exact) mass is 217 g/mol. The van der Waals surface area contributed by atoms with E-state index >= 15 is 0 Å². The van der Waals surface area contributed by atoms with Crippen LogP contribution in [0.25, 0.3) is 0 Å². The molecule has 0 aliphatic heterocycles. The number of carbonyl (C=O) groups is 1. The fraction of sp³-hybridized carbons (Fsp3) is 0.333. The van der Waals surface area contributed by atoms with Gasteiger partial charge >= 0.3 is 0 Å². The first-order chi connectivity index (χ1) is 7.63. The van der Waals surface area contributed by atoms with Crippen molar-refractivity contribution in [3.05, 3.63) is 35.4 Å². The zero-order valence-electron chi connectivity index (χ0n) is 9.53. The third-order valence-electron chi connectivity index (χ3n) is 2.10. The molecule has 1 amide bonds. The molecule has 0 heterocycles. The number of amides is 1. The molecule has 0 unspecified atom stereocenters. The Kier molecular flexibility index (Phi) is 4.49. The van der Waals surface area contributed by atoms with Crippen molar-refractivity contribution in [2.45, 2.75) is 0 Å². The molecule has 0 fully saturated rings. The lowest BCUT2D eigenvalue weighted by Crippen LogP contribution is -2.31. The number of rotatable bonds is 4. The molecule has 0 bridgehead atoms. The van der Waals surface area contributed by atoms with E-state index in [0.717, 1.165) is 6.54 Å². The van der Waals surface area contributed by atoms with E-state index in [-0.39, 0.29) is 5.91 Å². The second-order valence-electron chi connectivity index (χ2n) is 3.75. The number of carbonyl (C=O) groups excluding carboxylic acids is 1. The number of hydrogen-bond acceptors (Lipinski definition) is 3. The van der Waals surface area contributed by atoms with E-state index in [1.165, 1.54) is 0 Å². The van der Waals surface area contributed by atoms with Gasteiger partial charge in [0.2, 0.25) is 0 Å². The number of hydrogen-bond donors (Lipinski definition) is 1. The Labute approximate surface area is 95.5 Å². The smallest absolute Gasteiger partial charge is 0.251 e. The number of nitriles is 1. The van der Waals surface area contributed by atoms with Crippen LogP contribution in [-0.4, -0.2) is 38.0 Å². The summed E-state index contributed by atoms with van der Waals surface area (Å²) in [4.78, 5) is 13.6. The van der Waals surface area contributed by atoms with E-state index in [1.807, 2.05) is 25.1 Å². The molecule has 1 rings (SSSR count). The van der Waals surface area contributed by atoms with E-state index in [0.29, 0.717) is 17.7 Å². The predicted octanol–water partition coefficient (Wildman–Crippen LogP) is 0.850. The maximum absolute atomic E-state index is 11.7. The summed E-state index contributed by atoms with van der Waals surface area (Å²) in [6.07, 6.45) is 0. The number of likely N-dealkylation sites (N-methyl/N-ethyl adjacent to an activating group) is 1. The van der Waals surface area contributed by atoms with Crippen LogP contribution in [0.15, 0.2) is 24.3 Å². The molecule has 0 saturated heterocycles. The van der Waals surface area contributed by atoms with Crippen LogP contribution < -0.4 is 5.32 Å². The quantitative estimate of drug-likeness (QED) is 0.813. The normalized spacial score (nSPS) is 9.88. The molecule has 84 valence electrons. The van der Waals surface area contributed by atoms with Gasteiger partial charge in [-0.05, 0) is 32.3 Å². The highest BCUT2D eigenvalue weighted by atomic mass is 16.1. The fourth-order valence-corrected chi connectivity index (χ4v) is 1.23. The fourth-order valence-electron chi connectivity index (χ4n) is 1.23. The summed E-state index contributed by atoms with van der Waals surface area (Å²) in [7, 11) is 3.89. The van der Waals surface area contributed by atoms with Gasteiger partial charge in [0.1, 0.15) is 0 Å². The van der Waals surface area contributed by atoms with Crippen molar-refractivity contribution in [1.29, 1.82) is 5.26 Å². The minimum Gasteiger partial charge on any atom is -0.351 e. The summed E-state index contributed by atoms with van der Waals surface area (Å²) in [6, 6.07) is 8.68. The lowest BCUT2D eigenvalue weighted by Gasteiger charge is -2.10. The minimum absolute atomic E-state index is 0.140. The van der Waals surface area contributed by atoms with Gasteiger partial charge in [-0.25, -0.2) is 0 Å².